The van der Waals surface area contributed by atoms with E-state index in [1.165, 1.54) is 42.5 Å². The van der Waals surface area contributed by atoms with E-state index in [0.29, 0.717) is 39.0 Å². The smallest absolute Gasteiger partial charge is 0.322 e. The van der Waals surface area contributed by atoms with Crippen LogP contribution in [0.15, 0.2) is 91.0 Å². The van der Waals surface area contributed by atoms with E-state index in [0.717, 1.165) is 24.3 Å². The van der Waals surface area contributed by atoms with Crippen molar-refractivity contribution in [2.75, 3.05) is 5.32 Å². The van der Waals surface area contributed by atoms with Gasteiger partial charge in [-0.25, -0.2) is 0 Å². The topological polar surface area (TPSA) is 54.9 Å². The van der Waals surface area contributed by atoms with Gasteiger partial charge in [0.25, 0.3) is 0 Å². The van der Waals surface area contributed by atoms with E-state index in [1.54, 1.807) is 31.2 Å². The Morgan fingerprint density at radius 1 is 0.789 bits per heavy atom. The fraction of sp³-hybridized carbons (Fsp3) is 0.107. The van der Waals surface area contributed by atoms with Crippen molar-refractivity contribution in [2.24, 2.45) is 0 Å². The van der Waals surface area contributed by atoms with Crippen LogP contribution >= 0.6 is 0 Å². The number of rotatable bonds is 5. The summed E-state index contributed by atoms with van der Waals surface area (Å²) in [6, 6.07) is 15.3. The Bertz CT molecular complexity index is 1460. The van der Waals surface area contributed by atoms with Gasteiger partial charge >= 0.3 is 12.4 Å². The maximum absolute atomic E-state index is 13.0. The number of hydrogen-bond donors (Lipinski definition) is 1. The minimum absolute atomic E-state index is 0.325. The van der Waals surface area contributed by atoms with Crippen molar-refractivity contribution in [3.63, 3.8) is 0 Å². The second-order valence-corrected chi connectivity index (χ2v) is 8.30. The van der Waals surface area contributed by atoms with Crippen LogP contribution in [0.5, 0.6) is 0 Å². The number of alkyl halides is 6. The van der Waals surface area contributed by atoms with E-state index in [1.807, 2.05) is 0 Å². The van der Waals surface area contributed by atoms with E-state index >= 15 is 0 Å². The number of nitrogens with one attached hydrogen (secondary N) is 1. The number of nitrogens with zero attached hydrogens (tertiary/aromatic N) is 2. The minimum atomic E-state index is -4.54. The third-order valence-corrected chi connectivity index (χ3v) is 5.57. The second-order valence-electron chi connectivity index (χ2n) is 8.30. The van der Waals surface area contributed by atoms with E-state index in [2.05, 4.69) is 15.5 Å². The quantitative estimate of drug-likeness (QED) is 0.165. The first-order chi connectivity index (χ1) is 17.9. The van der Waals surface area contributed by atoms with Crippen LogP contribution in [0.25, 0.3) is 16.5 Å². The van der Waals surface area contributed by atoms with Crippen LogP contribution in [0.1, 0.15) is 27.9 Å². The van der Waals surface area contributed by atoms with Gasteiger partial charge in [0.05, 0.1) is 28.0 Å². The molecule has 0 saturated carbocycles. The zero-order valence-corrected chi connectivity index (χ0v) is 19.7. The summed E-state index contributed by atoms with van der Waals surface area (Å²) < 4.78 is 78.0. The summed E-state index contributed by atoms with van der Waals surface area (Å²) in [5, 5.41) is 11.5. The highest BCUT2D eigenvalue weighted by Gasteiger charge is 2.31. The molecule has 1 aromatic heterocycles. The minimum Gasteiger partial charge on any atom is -0.322 e. The van der Waals surface area contributed by atoms with Crippen molar-refractivity contribution in [1.29, 1.82) is 0 Å². The number of anilines is 1. The van der Waals surface area contributed by atoms with E-state index < -0.39 is 29.4 Å². The number of aryl methyl sites for hydroxylation is 1. The molecule has 3 aromatic carbocycles. The lowest BCUT2D eigenvalue weighted by atomic mass is 9.95. The first-order valence-corrected chi connectivity index (χ1v) is 11.2. The molecule has 0 aliphatic heterocycles. The lowest BCUT2D eigenvalue weighted by Gasteiger charge is -2.12. The fourth-order valence-electron chi connectivity index (χ4n) is 3.71. The first kappa shape index (κ1) is 26.6. The highest BCUT2D eigenvalue weighted by atomic mass is 19.4. The average molecular weight is 527 g/mol. The highest BCUT2D eigenvalue weighted by molar-refractivity contribution is 6.05. The van der Waals surface area contributed by atoms with Gasteiger partial charge in [0, 0.05) is 11.5 Å². The van der Waals surface area contributed by atoms with Crippen molar-refractivity contribution in [2.45, 2.75) is 19.3 Å². The molecule has 0 atom stereocenters. The average Bonchev–Trinajstić information content (AvgIpc) is 2.86. The zero-order valence-electron chi connectivity index (χ0n) is 19.7. The number of hydrogen-bond acceptors (Lipinski definition) is 3. The van der Waals surface area contributed by atoms with Crippen LogP contribution in [-0.2, 0) is 17.1 Å². The Morgan fingerprint density at radius 2 is 1.34 bits per heavy atom. The number of carbonyl (C=O) groups excluding carboxylic acids is 1. The highest BCUT2D eigenvalue weighted by Crippen LogP contribution is 2.33. The van der Waals surface area contributed by atoms with Crippen molar-refractivity contribution in [3.8, 4) is 0 Å². The number of halogens is 6. The maximum atomic E-state index is 13.0. The molecular formula is C28H19F6N3O. The van der Waals surface area contributed by atoms with Gasteiger partial charge in [-0.15, -0.1) is 0 Å². The van der Waals surface area contributed by atoms with E-state index in [4.69, 9.17) is 0 Å². The largest absolute Gasteiger partial charge is 0.416 e. The number of amides is 1. The molecule has 0 saturated heterocycles. The molecule has 0 bridgehead atoms. The first-order valence-electron chi connectivity index (χ1n) is 11.2. The fourth-order valence-corrected chi connectivity index (χ4v) is 3.71. The molecule has 0 aliphatic carbocycles. The Balaban J connectivity index is 1.64. The van der Waals surface area contributed by atoms with Crippen molar-refractivity contribution < 1.29 is 31.1 Å². The molecule has 0 spiro atoms. The standard InChI is InChI=1S/C28H19F6N3O/c1-17-16-23-24(5-3-6-25(23)37-36-17)35-26(38)7-2-4-22(18-8-12-20(13-9-18)27(29,30)31)19-10-14-21(15-11-19)28(32,33)34/h2-16H,1H3,(H,35,38)/b7-2+. The normalized spacial score (nSPS) is 12.1. The van der Waals surface area contributed by atoms with Gasteiger partial charge in [-0.1, -0.05) is 42.5 Å². The molecule has 194 valence electrons. The van der Waals surface area contributed by atoms with Crippen LogP contribution < -0.4 is 5.32 Å². The summed E-state index contributed by atoms with van der Waals surface area (Å²) >= 11 is 0. The summed E-state index contributed by atoms with van der Waals surface area (Å²) in [6.45, 7) is 1.76. The summed E-state index contributed by atoms with van der Waals surface area (Å²) in [6.07, 6.45) is -5.06. The molecule has 4 nitrogen and oxygen atoms in total. The van der Waals surface area contributed by atoms with Crippen LogP contribution in [0.2, 0.25) is 0 Å². The lowest BCUT2D eigenvalue weighted by molar-refractivity contribution is -0.138. The Kier molecular flexibility index (Phi) is 7.34. The molecule has 0 fully saturated rings. The molecule has 0 aliphatic rings. The molecule has 1 heterocycles. The molecule has 4 rings (SSSR count). The Labute approximate surface area is 213 Å². The SMILES string of the molecule is Cc1cc2c(NC(=O)/C=C/C=C(c3ccc(C(F)(F)F)cc3)c3ccc(C(F)(F)F)cc3)cccc2nn1. The number of fused-ring (bicyclic) bond motifs is 1. The molecule has 0 unspecified atom stereocenters. The van der Waals surface area contributed by atoms with Crippen LogP contribution in [0.3, 0.4) is 0 Å². The third-order valence-electron chi connectivity index (χ3n) is 5.57. The predicted octanol–water partition coefficient (Wildman–Crippen LogP) is 7.60. The Hall–Kier alpha value is -4.47. The summed E-state index contributed by atoms with van der Waals surface area (Å²) in [7, 11) is 0. The Morgan fingerprint density at radius 3 is 1.87 bits per heavy atom. The lowest BCUT2D eigenvalue weighted by Crippen LogP contribution is -2.08. The van der Waals surface area contributed by atoms with Gasteiger partial charge in [0.15, 0.2) is 0 Å². The van der Waals surface area contributed by atoms with Crippen molar-refractivity contribution >= 4 is 28.1 Å². The van der Waals surface area contributed by atoms with Gasteiger partial charge in [0.2, 0.25) is 5.91 Å². The molecule has 4 aromatic rings. The van der Waals surface area contributed by atoms with Crippen LogP contribution in [-0.4, -0.2) is 16.1 Å². The van der Waals surface area contributed by atoms with Crippen molar-refractivity contribution in [3.05, 3.63) is 119 Å². The third kappa shape index (κ3) is 6.26. The van der Waals surface area contributed by atoms with Gasteiger partial charge in [-0.05, 0) is 66.1 Å². The number of aromatic nitrogens is 2. The molecule has 0 radical (unpaired) electrons. The van der Waals surface area contributed by atoms with Crippen LogP contribution in [0, 0.1) is 6.92 Å². The molecule has 38 heavy (non-hydrogen) atoms. The zero-order chi connectivity index (χ0) is 27.5. The molecule has 1 N–H and O–H groups in total. The number of allylic oxidation sites excluding steroid dienone is 2. The van der Waals surface area contributed by atoms with Crippen molar-refractivity contribution in [1.82, 2.24) is 10.2 Å². The maximum Gasteiger partial charge on any atom is 0.416 e. The monoisotopic (exact) mass is 527 g/mol. The molecule has 10 heteroatoms. The van der Waals surface area contributed by atoms with E-state index in [9.17, 15) is 31.1 Å². The molecule has 1 amide bonds. The predicted molar refractivity (Wildman–Crippen MR) is 132 cm³/mol. The number of benzene rings is 3. The van der Waals surface area contributed by atoms with Gasteiger partial charge in [-0.2, -0.15) is 36.5 Å². The van der Waals surface area contributed by atoms with Crippen LogP contribution in [0.4, 0.5) is 32.0 Å². The van der Waals surface area contributed by atoms with Gasteiger partial charge in [-0.3, -0.25) is 4.79 Å². The number of carbonyl (C=O) groups is 1. The van der Waals surface area contributed by atoms with Gasteiger partial charge in [0.1, 0.15) is 0 Å². The second kappa shape index (κ2) is 10.5. The van der Waals surface area contributed by atoms with E-state index in [-0.39, 0.29) is 0 Å². The summed E-state index contributed by atoms with van der Waals surface area (Å²) in [5.41, 5.74) is 1.00. The molecular weight excluding hydrogens is 508 g/mol. The summed E-state index contributed by atoms with van der Waals surface area (Å²) in [5.74, 6) is -0.498. The summed E-state index contributed by atoms with van der Waals surface area (Å²) in [4.78, 5) is 12.6. The van der Waals surface area contributed by atoms with Gasteiger partial charge < -0.3 is 5.32 Å².